The number of piperazine rings is 1. The third-order valence-corrected chi connectivity index (χ3v) is 8.56. The second-order valence-corrected chi connectivity index (χ2v) is 9.86. The monoisotopic (exact) mass is 382 g/mol. The number of rotatable bonds is 5. The maximum absolute atomic E-state index is 12.7. The number of sulfonamides is 1. The van der Waals surface area contributed by atoms with Gasteiger partial charge in [0.25, 0.3) is 0 Å². The molecule has 0 unspecified atom stereocenters. The zero-order valence-corrected chi connectivity index (χ0v) is 17.2. The standard InChI is InChI=1S/C18H30N4O3S/c1-12-13(2)19-21(14(12)3)9-8-18(23)20-10-11-22(16(5)15(20)4)26(24,25)17-6-7-17/h15-17H,6-11H2,1-5H3/t15-,16-/m1/s1. The largest absolute Gasteiger partial charge is 0.337 e. The van der Waals surface area contributed by atoms with E-state index < -0.39 is 10.0 Å². The molecule has 2 atom stereocenters. The van der Waals surface area contributed by atoms with Crippen LogP contribution in [0.1, 0.15) is 50.1 Å². The fraction of sp³-hybridized carbons (Fsp3) is 0.778. The van der Waals surface area contributed by atoms with Gasteiger partial charge in [-0.3, -0.25) is 9.48 Å². The molecule has 1 aliphatic carbocycles. The Morgan fingerprint density at radius 1 is 1.12 bits per heavy atom. The summed E-state index contributed by atoms with van der Waals surface area (Å²) in [5.74, 6) is 0.0676. The molecule has 2 fully saturated rings. The zero-order valence-electron chi connectivity index (χ0n) is 16.4. The van der Waals surface area contributed by atoms with Crippen LogP contribution in [-0.4, -0.2) is 63.7 Å². The van der Waals surface area contributed by atoms with Crippen LogP contribution in [0.5, 0.6) is 0 Å². The minimum Gasteiger partial charge on any atom is -0.337 e. The molecular formula is C18H30N4O3S. The molecule has 2 aliphatic rings. The number of amides is 1. The molecule has 8 heteroatoms. The predicted octanol–water partition coefficient (Wildman–Crippen LogP) is 1.61. The average molecular weight is 383 g/mol. The van der Waals surface area contributed by atoms with Crippen molar-refractivity contribution in [2.24, 2.45) is 0 Å². The molecule has 1 saturated carbocycles. The van der Waals surface area contributed by atoms with Gasteiger partial charge in [-0.2, -0.15) is 9.40 Å². The summed E-state index contributed by atoms with van der Waals surface area (Å²) in [5, 5.41) is 4.29. The van der Waals surface area contributed by atoms with Gasteiger partial charge in [-0.15, -0.1) is 0 Å². The van der Waals surface area contributed by atoms with Gasteiger partial charge in [-0.05, 0) is 53.0 Å². The van der Waals surface area contributed by atoms with E-state index in [1.54, 1.807) is 4.31 Å². The molecule has 0 spiro atoms. The van der Waals surface area contributed by atoms with E-state index in [1.165, 1.54) is 5.56 Å². The zero-order chi connectivity index (χ0) is 19.2. The number of aryl methyl sites for hydroxylation is 2. The molecule has 1 saturated heterocycles. The summed E-state index contributed by atoms with van der Waals surface area (Å²) < 4.78 is 28.7. The van der Waals surface area contributed by atoms with Crippen LogP contribution in [0.4, 0.5) is 0 Å². The highest BCUT2D eigenvalue weighted by atomic mass is 32.2. The Kier molecular flexibility index (Phi) is 5.18. The van der Waals surface area contributed by atoms with Gasteiger partial charge in [0, 0.05) is 43.8 Å². The van der Waals surface area contributed by atoms with Crippen LogP contribution in [0.3, 0.4) is 0 Å². The van der Waals surface area contributed by atoms with Gasteiger partial charge in [0.2, 0.25) is 15.9 Å². The average Bonchev–Trinajstić information content (AvgIpc) is 3.41. The lowest BCUT2D eigenvalue weighted by Gasteiger charge is -2.44. The summed E-state index contributed by atoms with van der Waals surface area (Å²) in [6, 6.07) is -0.304. The van der Waals surface area contributed by atoms with E-state index in [9.17, 15) is 13.2 Å². The van der Waals surface area contributed by atoms with Crippen molar-refractivity contribution in [3.63, 3.8) is 0 Å². The molecule has 1 aliphatic heterocycles. The minimum atomic E-state index is -3.20. The van der Waals surface area contributed by atoms with Crippen LogP contribution in [-0.2, 0) is 21.4 Å². The smallest absolute Gasteiger partial charge is 0.224 e. The normalized spacial score (nSPS) is 24.9. The van der Waals surface area contributed by atoms with Crippen molar-refractivity contribution < 1.29 is 13.2 Å². The second kappa shape index (κ2) is 6.96. The Bertz CT molecular complexity index is 798. The maximum Gasteiger partial charge on any atom is 0.224 e. The molecule has 146 valence electrons. The quantitative estimate of drug-likeness (QED) is 0.775. The van der Waals surface area contributed by atoms with E-state index in [2.05, 4.69) is 5.10 Å². The van der Waals surface area contributed by atoms with E-state index in [0.29, 0.717) is 26.1 Å². The fourth-order valence-electron chi connectivity index (χ4n) is 3.73. The van der Waals surface area contributed by atoms with Gasteiger partial charge in [0.15, 0.2) is 0 Å². The van der Waals surface area contributed by atoms with Crippen molar-refractivity contribution >= 4 is 15.9 Å². The molecular weight excluding hydrogens is 352 g/mol. The van der Waals surface area contributed by atoms with E-state index in [4.69, 9.17) is 0 Å². The highest BCUT2D eigenvalue weighted by molar-refractivity contribution is 7.90. The summed E-state index contributed by atoms with van der Waals surface area (Å²) in [5.41, 5.74) is 3.26. The van der Waals surface area contributed by atoms with Crippen LogP contribution in [0.15, 0.2) is 0 Å². The predicted molar refractivity (Wildman–Crippen MR) is 100 cm³/mol. The second-order valence-electron chi connectivity index (χ2n) is 7.69. The lowest BCUT2D eigenvalue weighted by molar-refractivity contribution is -0.136. The van der Waals surface area contributed by atoms with Gasteiger partial charge in [-0.1, -0.05) is 0 Å². The first-order chi connectivity index (χ1) is 12.1. The van der Waals surface area contributed by atoms with Gasteiger partial charge in [0.1, 0.15) is 0 Å². The lowest BCUT2D eigenvalue weighted by Crippen LogP contribution is -2.60. The first-order valence-corrected chi connectivity index (χ1v) is 11.0. The van der Waals surface area contributed by atoms with E-state index >= 15 is 0 Å². The number of hydrogen-bond donors (Lipinski definition) is 0. The van der Waals surface area contributed by atoms with Crippen molar-refractivity contribution in [1.82, 2.24) is 19.0 Å². The van der Waals surface area contributed by atoms with Gasteiger partial charge >= 0.3 is 0 Å². The fourth-order valence-corrected chi connectivity index (χ4v) is 5.82. The van der Waals surface area contributed by atoms with Crippen molar-refractivity contribution in [1.29, 1.82) is 0 Å². The highest BCUT2D eigenvalue weighted by Crippen LogP contribution is 2.34. The van der Waals surface area contributed by atoms with Crippen LogP contribution in [0, 0.1) is 20.8 Å². The Balaban J connectivity index is 1.63. The lowest BCUT2D eigenvalue weighted by atomic mass is 10.1. The summed E-state index contributed by atoms with van der Waals surface area (Å²) in [7, 11) is -3.20. The van der Waals surface area contributed by atoms with Crippen molar-refractivity contribution in [2.45, 2.75) is 77.8 Å². The first-order valence-electron chi connectivity index (χ1n) is 9.45. The summed E-state index contributed by atoms with van der Waals surface area (Å²) in [4.78, 5) is 14.6. The summed E-state index contributed by atoms with van der Waals surface area (Å²) >= 11 is 0. The number of nitrogens with zero attached hydrogens (tertiary/aromatic N) is 4. The molecule has 3 rings (SSSR count). The van der Waals surface area contributed by atoms with Crippen molar-refractivity contribution in [2.75, 3.05) is 13.1 Å². The number of carbonyl (C=O) groups excluding carboxylic acids is 1. The van der Waals surface area contributed by atoms with E-state index in [1.807, 2.05) is 44.2 Å². The first kappa shape index (κ1) is 19.4. The SMILES string of the molecule is Cc1nn(CCC(=O)N2CCN(S(=O)(=O)C3CC3)[C@H](C)[C@H]2C)c(C)c1C. The molecule has 0 N–H and O–H groups in total. The van der Waals surface area contributed by atoms with Crippen molar-refractivity contribution in [3.8, 4) is 0 Å². The van der Waals surface area contributed by atoms with Crippen LogP contribution in [0.2, 0.25) is 0 Å². The third kappa shape index (κ3) is 3.41. The number of hydrogen-bond acceptors (Lipinski definition) is 4. The van der Waals surface area contributed by atoms with Crippen molar-refractivity contribution in [3.05, 3.63) is 17.0 Å². The minimum absolute atomic E-state index is 0.0676. The van der Waals surface area contributed by atoms with Gasteiger partial charge in [0.05, 0.1) is 10.9 Å². The molecule has 0 radical (unpaired) electrons. The molecule has 0 bridgehead atoms. The van der Waals surface area contributed by atoms with Crippen LogP contribution in [0.25, 0.3) is 0 Å². The third-order valence-electron chi connectivity index (χ3n) is 6.08. The topological polar surface area (TPSA) is 75.5 Å². The number of aromatic nitrogens is 2. The molecule has 2 heterocycles. The molecule has 1 aromatic heterocycles. The molecule has 26 heavy (non-hydrogen) atoms. The maximum atomic E-state index is 12.7. The molecule has 1 amide bonds. The Labute approximate surface area is 156 Å². The molecule has 7 nitrogen and oxygen atoms in total. The highest BCUT2D eigenvalue weighted by Gasteiger charge is 2.45. The van der Waals surface area contributed by atoms with E-state index in [-0.39, 0.29) is 23.2 Å². The van der Waals surface area contributed by atoms with E-state index in [0.717, 1.165) is 24.2 Å². The Morgan fingerprint density at radius 3 is 2.31 bits per heavy atom. The van der Waals surface area contributed by atoms with Crippen LogP contribution >= 0.6 is 0 Å². The van der Waals surface area contributed by atoms with Gasteiger partial charge in [-0.25, -0.2) is 8.42 Å². The van der Waals surface area contributed by atoms with Gasteiger partial charge < -0.3 is 4.90 Å². The Morgan fingerprint density at radius 2 is 1.77 bits per heavy atom. The summed E-state index contributed by atoms with van der Waals surface area (Å²) in [6.45, 7) is 11.3. The Hall–Kier alpha value is -1.41. The molecule has 0 aromatic carbocycles. The number of carbonyl (C=O) groups is 1. The summed E-state index contributed by atoms with van der Waals surface area (Å²) in [6.07, 6.45) is 1.92. The van der Waals surface area contributed by atoms with Crippen LogP contribution < -0.4 is 0 Å². The molecule has 1 aromatic rings.